The first-order valence-corrected chi connectivity index (χ1v) is 6.43. The summed E-state index contributed by atoms with van der Waals surface area (Å²) in [5.74, 6) is -1.12. The number of rotatable bonds is 1. The van der Waals surface area contributed by atoms with E-state index in [2.05, 4.69) is 5.32 Å². The molecule has 5 nitrogen and oxygen atoms in total. The van der Waals surface area contributed by atoms with Crippen LogP contribution in [-0.4, -0.2) is 35.2 Å². The van der Waals surface area contributed by atoms with Crippen molar-refractivity contribution in [3.63, 3.8) is 0 Å². The summed E-state index contributed by atoms with van der Waals surface area (Å²) in [6, 6.07) is 1.18. The van der Waals surface area contributed by atoms with Gasteiger partial charge in [0.1, 0.15) is 12.6 Å². The lowest BCUT2D eigenvalue weighted by atomic mass is 10.1. The molecule has 1 aliphatic rings. The van der Waals surface area contributed by atoms with Gasteiger partial charge in [-0.1, -0.05) is 0 Å². The molecule has 1 aliphatic heterocycles. The predicted molar refractivity (Wildman–Crippen MR) is 67.4 cm³/mol. The van der Waals surface area contributed by atoms with Gasteiger partial charge in [0.05, 0.1) is 5.56 Å². The zero-order chi connectivity index (χ0) is 13.4. The second-order valence-electron chi connectivity index (χ2n) is 4.35. The lowest BCUT2D eigenvalue weighted by Crippen LogP contribution is -2.58. The molecule has 1 N–H and O–H groups in total. The highest BCUT2D eigenvalue weighted by Crippen LogP contribution is 2.23. The maximum absolute atomic E-state index is 12.3. The van der Waals surface area contributed by atoms with Crippen molar-refractivity contribution < 1.29 is 14.4 Å². The largest absolute Gasteiger partial charge is 0.318 e. The molecule has 1 atom stereocenters. The average Bonchev–Trinajstić information content (AvgIpc) is 2.62. The van der Waals surface area contributed by atoms with Crippen LogP contribution in [0.15, 0.2) is 6.07 Å². The summed E-state index contributed by atoms with van der Waals surface area (Å²) < 4.78 is 0. The van der Waals surface area contributed by atoms with E-state index in [1.165, 1.54) is 16.2 Å². The maximum Gasteiger partial charge on any atom is 0.256 e. The smallest absolute Gasteiger partial charge is 0.256 e. The molecule has 0 aliphatic carbocycles. The number of imide groups is 1. The van der Waals surface area contributed by atoms with E-state index in [1.54, 1.807) is 13.0 Å². The Morgan fingerprint density at radius 3 is 2.67 bits per heavy atom. The lowest BCUT2D eigenvalue weighted by Gasteiger charge is -2.31. The van der Waals surface area contributed by atoms with Gasteiger partial charge in [-0.05, 0) is 26.8 Å². The van der Waals surface area contributed by atoms with Crippen LogP contribution in [0.1, 0.15) is 27.0 Å². The Morgan fingerprint density at radius 1 is 1.44 bits per heavy atom. The van der Waals surface area contributed by atoms with Gasteiger partial charge in [0.25, 0.3) is 5.91 Å². The van der Waals surface area contributed by atoms with E-state index in [-0.39, 0.29) is 12.5 Å². The van der Waals surface area contributed by atoms with Gasteiger partial charge in [0.15, 0.2) is 0 Å². The number of nitrogens with zero attached hydrogens (tertiary/aromatic N) is 1. The third-order valence-electron chi connectivity index (χ3n) is 2.96. The molecule has 0 radical (unpaired) electrons. The van der Waals surface area contributed by atoms with Gasteiger partial charge < -0.3 is 4.90 Å². The van der Waals surface area contributed by atoms with Crippen LogP contribution in [0.4, 0.5) is 0 Å². The van der Waals surface area contributed by atoms with Gasteiger partial charge in [-0.15, -0.1) is 11.3 Å². The molecule has 18 heavy (non-hydrogen) atoms. The Morgan fingerprint density at radius 2 is 2.11 bits per heavy atom. The molecule has 1 saturated heterocycles. The van der Waals surface area contributed by atoms with Crippen LogP contribution in [0.25, 0.3) is 0 Å². The van der Waals surface area contributed by atoms with Gasteiger partial charge in [0, 0.05) is 9.75 Å². The van der Waals surface area contributed by atoms with E-state index in [0.717, 1.165) is 9.75 Å². The summed E-state index contributed by atoms with van der Waals surface area (Å²) in [7, 11) is 0. The number of amides is 3. The van der Waals surface area contributed by atoms with Crippen molar-refractivity contribution in [2.75, 3.05) is 6.54 Å². The Bertz CT molecular complexity index is 535. The van der Waals surface area contributed by atoms with Crippen LogP contribution in [0.5, 0.6) is 0 Å². The molecule has 0 bridgehead atoms. The van der Waals surface area contributed by atoms with Crippen molar-refractivity contribution in [3.8, 4) is 0 Å². The van der Waals surface area contributed by atoms with Crippen LogP contribution in [0.3, 0.4) is 0 Å². The number of carbonyl (C=O) groups excluding carboxylic acids is 3. The van der Waals surface area contributed by atoms with Gasteiger partial charge in [-0.3, -0.25) is 19.7 Å². The molecule has 2 rings (SSSR count). The fourth-order valence-corrected chi connectivity index (χ4v) is 2.88. The number of piperazine rings is 1. The van der Waals surface area contributed by atoms with Crippen LogP contribution >= 0.6 is 11.3 Å². The summed E-state index contributed by atoms with van der Waals surface area (Å²) in [5, 5.41) is 2.22. The zero-order valence-corrected chi connectivity index (χ0v) is 11.3. The first-order valence-electron chi connectivity index (χ1n) is 5.62. The standard InChI is InChI=1S/C12H14N2O3S/c1-6-4-9(8(3)18-6)12(17)14-5-10(15)13-11(16)7(14)2/h4,7H,5H2,1-3H3,(H,13,15,16). The van der Waals surface area contributed by atoms with Crippen molar-refractivity contribution >= 4 is 29.1 Å². The number of nitrogens with one attached hydrogen (secondary N) is 1. The summed E-state index contributed by atoms with van der Waals surface area (Å²) in [5.41, 5.74) is 0.576. The molecular formula is C12H14N2O3S. The number of hydrogen-bond acceptors (Lipinski definition) is 4. The number of hydrogen-bond donors (Lipinski definition) is 1. The average molecular weight is 266 g/mol. The quantitative estimate of drug-likeness (QED) is 0.766. The molecule has 1 aromatic heterocycles. The molecular weight excluding hydrogens is 252 g/mol. The second kappa shape index (κ2) is 4.53. The molecule has 2 heterocycles. The summed E-state index contributed by atoms with van der Waals surface area (Å²) >= 11 is 1.53. The molecule has 6 heteroatoms. The maximum atomic E-state index is 12.3. The minimum atomic E-state index is -0.616. The number of aryl methyl sites for hydroxylation is 2. The number of thiophene rings is 1. The Balaban J connectivity index is 2.30. The Hall–Kier alpha value is -1.69. The summed E-state index contributed by atoms with van der Waals surface area (Å²) in [6.45, 7) is 5.33. The van der Waals surface area contributed by atoms with Crippen molar-refractivity contribution in [3.05, 3.63) is 21.4 Å². The SMILES string of the molecule is Cc1cc(C(=O)N2CC(=O)NC(=O)C2C)c(C)s1. The van der Waals surface area contributed by atoms with Crippen molar-refractivity contribution in [2.45, 2.75) is 26.8 Å². The molecule has 3 amide bonds. The topological polar surface area (TPSA) is 66.5 Å². The van der Waals surface area contributed by atoms with Gasteiger partial charge in [-0.25, -0.2) is 0 Å². The van der Waals surface area contributed by atoms with Crippen molar-refractivity contribution in [1.82, 2.24) is 10.2 Å². The first-order chi connectivity index (χ1) is 8.40. The van der Waals surface area contributed by atoms with E-state index in [0.29, 0.717) is 5.56 Å². The van der Waals surface area contributed by atoms with Gasteiger partial charge in [-0.2, -0.15) is 0 Å². The highest BCUT2D eigenvalue weighted by Gasteiger charge is 2.34. The highest BCUT2D eigenvalue weighted by atomic mass is 32.1. The summed E-state index contributed by atoms with van der Waals surface area (Å²) in [6.07, 6.45) is 0. The first kappa shape index (κ1) is 12.8. The third-order valence-corrected chi connectivity index (χ3v) is 3.92. The molecule has 1 unspecified atom stereocenters. The second-order valence-corrected chi connectivity index (χ2v) is 5.81. The van der Waals surface area contributed by atoms with Crippen molar-refractivity contribution in [1.29, 1.82) is 0 Å². The molecule has 0 spiro atoms. The van der Waals surface area contributed by atoms with Gasteiger partial charge >= 0.3 is 0 Å². The number of carbonyl (C=O) groups is 3. The third kappa shape index (κ3) is 2.15. The van der Waals surface area contributed by atoms with E-state index < -0.39 is 17.9 Å². The normalized spacial score (nSPS) is 19.9. The van der Waals surface area contributed by atoms with E-state index in [4.69, 9.17) is 0 Å². The Kier molecular flexibility index (Phi) is 3.21. The molecule has 0 saturated carbocycles. The molecule has 0 aromatic carbocycles. The molecule has 96 valence electrons. The van der Waals surface area contributed by atoms with E-state index >= 15 is 0 Å². The lowest BCUT2D eigenvalue weighted by molar-refractivity contribution is -0.138. The minimum absolute atomic E-state index is 0.0694. The summed E-state index contributed by atoms with van der Waals surface area (Å²) in [4.78, 5) is 38.4. The van der Waals surface area contributed by atoms with Crippen LogP contribution in [-0.2, 0) is 9.59 Å². The van der Waals surface area contributed by atoms with Crippen LogP contribution in [0, 0.1) is 13.8 Å². The zero-order valence-electron chi connectivity index (χ0n) is 10.4. The fourth-order valence-electron chi connectivity index (χ4n) is 1.96. The van der Waals surface area contributed by atoms with Gasteiger partial charge in [0.2, 0.25) is 11.8 Å². The van der Waals surface area contributed by atoms with E-state index in [9.17, 15) is 14.4 Å². The fraction of sp³-hybridized carbons (Fsp3) is 0.417. The molecule has 1 aromatic rings. The Labute approximate surface area is 109 Å². The van der Waals surface area contributed by atoms with E-state index in [1.807, 2.05) is 13.8 Å². The van der Waals surface area contributed by atoms with Crippen LogP contribution in [0.2, 0.25) is 0 Å². The van der Waals surface area contributed by atoms with Crippen LogP contribution < -0.4 is 5.32 Å². The minimum Gasteiger partial charge on any atom is -0.318 e. The van der Waals surface area contributed by atoms with Crippen molar-refractivity contribution in [2.24, 2.45) is 0 Å². The molecule has 1 fully saturated rings. The predicted octanol–water partition coefficient (Wildman–Crippen LogP) is 0.852. The monoisotopic (exact) mass is 266 g/mol. The highest BCUT2D eigenvalue weighted by molar-refractivity contribution is 7.12.